The molecule has 0 spiro atoms. The zero-order valence-electron chi connectivity index (χ0n) is 14.0. The molecule has 1 atom stereocenters. The third kappa shape index (κ3) is 7.62. The molecule has 0 aromatic heterocycles. The van der Waals surface area contributed by atoms with E-state index in [0.717, 1.165) is 6.42 Å². The van der Waals surface area contributed by atoms with Gasteiger partial charge in [-0.2, -0.15) is 0 Å². The van der Waals surface area contributed by atoms with Crippen molar-refractivity contribution in [2.45, 2.75) is 70.3 Å². The third-order valence-corrected chi connectivity index (χ3v) is 4.87. The van der Waals surface area contributed by atoms with Gasteiger partial charge in [0.2, 0.25) is 0 Å². The Morgan fingerprint density at radius 2 is 1.50 bits per heavy atom. The van der Waals surface area contributed by atoms with Gasteiger partial charge in [0.1, 0.15) is 0 Å². The highest BCUT2D eigenvalue weighted by molar-refractivity contribution is 6.18. The van der Waals surface area contributed by atoms with E-state index in [1.165, 1.54) is 56.1 Å². The smallest absolute Gasteiger partial charge is 0.0623 e. The number of benzene rings is 1. The van der Waals surface area contributed by atoms with Crippen molar-refractivity contribution in [1.82, 2.24) is 0 Å². The molecule has 22 heavy (non-hydrogen) atoms. The van der Waals surface area contributed by atoms with Crippen LogP contribution in [0.2, 0.25) is 0 Å². The van der Waals surface area contributed by atoms with Crippen LogP contribution >= 0.6 is 11.6 Å². The molecule has 0 saturated carbocycles. The highest BCUT2D eigenvalue weighted by Crippen LogP contribution is 2.15. The average molecular weight is 326 g/mol. The summed E-state index contributed by atoms with van der Waals surface area (Å²) >= 11 is 5.82. The second kappa shape index (κ2) is 11.0. The number of aryl methyl sites for hydroxylation is 2. The van der Waals surface area contributed by atoms with E-state index in [9.17, 15) is 5.11 Å². The maximum absolute atomic E-state index is 9.27. The summed E-state index contributed by atoms with van der Waals surface area (Å²) in [6.45, 7) is 2.19. The van der Waals surface area contributed by atoms with Gasteiger partial charge in [-0.05, 0) is 36.8 Å². The molecule has 0 aliphatic carbocycles. The molecular weight excluding hydrogens is 294 g/mol. The predicted octanol–water partition coefficient (Wildman–Crippen LogP) is 4.45. The van der Waals surface area contributed by atoms with Gasteiger partial charge in [0.25, 0.3) is 0 Å². The lowest BCUT2D eigenvalue weighted by Crippen LogP contribution is -2.46. The Labute approximate surface area is 141 Å². The lowest BCUT2D eigenvalue weighted by molar-refractivity contribution is 0.203. The van der Waals surface area contributed by atoms with Crippen LogP contribution in [-0.4, -0.2) is 23.1 Å². The van der Waals surface area contributed by atoms with Crippen LogP contribution in [0.4, 0.5) is 0 Å². The first-order valence-corrected chi connectivity index (χ1v) is 9.20. The Hall–Kier alpha value is -0.570. The van der Waals surface area contributed by atoms with Crippen LogP contribution in [0.15, 0.2) is 24.3 Å². The molecule has 0 amide bonds. The summed E-state index contributed by atoms with van der Waals surface area (Å²) in [5, 5.41) is 9.27. The summed E-state index contributed by atoms with van der Waals surface area (Å²) in [5.74, 6) is 0.291. The molecule has 0 heterocycles. The van der Waals surface area contributed by atoms with Crippen molar-refractivity contribution in [3.8, 4) is 0 Å². The van der Waals surface area contributed by atoms with Gasteiger partial charge in [0, 0.05) is 5.88 Å². The quantitative estimate of drug-likeness (QED) is 0.440. The fourth-order valence-corrected chi connectivity index (χ4v) is 2.78. The van der Waals surface area contributed by atoms with Crippen molar-refractivity contribution in [3.63, 3.8) is 0 Å². The van der Waals surface area contributed by atoms with Crippen LogP contribution in [0.3, 0.4) is 0 Å². The topological polar surface area (TPSA) is 46.2 Å². The summed E-state index contributed by atoms with van der Waals surface area (Å²) < 4.78 is 0. The van der Waals surface area contributed by atoms with Gasteiger partial charge in [-0.25, -0.2) is 0 Å². The SMILES string of the molecule is CCCCCCCCc1ccc(CCC(N)(CO)CCl)cc1. The zero-order chi connectivity index (χ0) is 16.3. The van der Waals surface area contributed by atoms with Crippen LogP contribution < -0.4 is 5.73 Å². The van der Waals surface area contributed by atoms with Gasteiger partial charge in [-0.15, -0.1) is 11.6 Å². The molecule has 1 rings (SSSR count). The number of hydrogen-bond acceptors (Lipinski definition) is 2. The molecule has 3 heteroatoms. The lowest BCUT2D eigenvalue weighted by Gasteiger charge is -2.24. The molecule has 2 nitrogen and oxygen atoms in total. The Balaban J connectivity index is 2.28. The van der Waals surface area contributed by atoms with Crippen molar-refractivity contribution in [1.29, 1.82) is 0 Å². The Kier molecular flexibility index (Phi) is 9.77. The summed E-state index contributed by atoms with van der Waals surface area (Å²) in [4.78, 5) is 0. The molecule has 1 aromatic carbocycles. The van der Waals surface area contributed by atoms with Gasteiger partial charge >= 0.3 is 0 Å². The van der Waals surface area contributed by atoms with Crippen molar-refractivity contribution >= 4 is 11.6 Å². The van der Waals surface area contributed by atoms with E-state index in [-0.39, 0.29) is 6.61 Å². The Morgan fingerprint density at radius 3 is 2.05 bits per heavy atom. The number of alkyl halides is 1. The highest BCUT2D eigenvalue weighted by Gasteiger charge is 2.22. The van der Waals surface area contributed by atoms with Gasteiger partial charge in [0.05, 0.1) is 12.1 Å². The largest absolute Gasteiger partial charge is 0.394 e. The third-order valence-electron chi connectivity index (χ3n) is 4.33. The van der Waals surface area contributed by atoms with Crippen LogP contribution in [0.1, 0.15) is 63.0 Å². The van der Waals surface area contributed by atoms with E-state index >= 15 is 0 Å². The molecule has 0 fully saturated rings. The van der Waals surface area contributed by atoms with Crippen LogP contribution in [0.25, 0.3) is 0 Å². The summed E-state index contributed by atoms with van der Waals surface area (Å²) in [6.07, 6.45) is 10.8. The second-order valence-corrected chi connectivity index (χ2v) is 6.76. The molecule has 0 saturated heterocycles. The molecule has 1 aromatic rings. The van der Waals surface area contributed by atoms with E-state index in [2.05, 4.69) is 31.2 Å². The molecule has 0 aliphatic rings. The van der Waals surface area contributed by atoms with E-state index in [1.807, 2.05) is 0 Å². The maximum atomic E-state index is 9.27. The normalized spacial score (nSPS) is 14.0. The number of aliphatic hydroxyl groups excluding tert-OH is 1. The number of rotatable bonds is 12. The Morgan fingerprint density at radius 1 is 0.955 bits per heavy atom. The van der Waals surface area contributed by atoms with Crippen LogP contribution in [-0.2, 0) is 12.8 Å². The minimum absolute atomic E-state index is 0.0629. The first-order chi connectivity index (χ1) is 10.6. The summed E-state index contributed by atoms with van der Waals surface area (Å²) in [5.41, 5.74) is 8.03. The molecule has 0 radical (unpaired) electrons. The predicted molar refractivity (Wildman–Crippen MR) is 96.6 cm³/mol. The van der Waals surface area contributed by atoms with E-state index in [1.54, 1.807) is 0 Å². The molecule has 3 N–H and O–H groups in total. The highest BCUT2D eigenvalue weighted by atomic mass is 35.5. The van der Waals surface area contributed by atoms with E-state index < -0.39 is 5.54 Å². The standard InChI is InChI=1S/C19H32ClNO/c1-2-3-4-5-6-7-8-17-9-11-18(12-10-17)13-14-19(21,15-20)16-22/h9-12,22H,2-8,13-16,21H2,1H3. The molecule has 0 aliphatic heterocycles. The number of hydrogen-bond donors (Lipinski definition) is 2. The second-order valence-electron chi connectivity index (χ2n) is 6.49. The van der Waals surface area contributed by atoms with Gasteiger partial charge in [0.15, 0.2) is 0 Å². The summed E-state index contributed by atoms with van der Waals surface area (Å²) in [7, 11) is 0. The minimum Gasteiger partial charge on any atom is -0.394 e. The van der Waals surface area contributed by atoms with Crippen molar-refractivity contribution in [2.75, 3.05) is 12.5 Å². The molecular formula is C19H32ClNO. The monoisotopic (exact) mass is 325 g/mol. The van der Waals surface area contributed by atoms with Crippen LogP contribution in [0.5, 0.6) is 0 Å². The summed E-state index contributed by atoms with van der Waals surface area (Å²) in [6, 6.07) is 8.80. The average Bonchev–Trinajstić information content (AvgIpc) is 2.57. The molecule has 1 unspecified atom stereocenters. The van der Waals surface area contributed by atoms with E-state index in [0.29, 0.717) is 12.3 Å². The van der Waals surface area contributed by atoms with Gasteiger partial charge in [-0.3, -0.25) is 0 Å². The van der Waals surface area contributed by atoms with E-state index in [4.69, 9.17) is 17.3 Å². The minimum atomic E-state index is -0.654. The number of aliphatic hydroxyl groups is 1. The van der Waals surface area contributed by atoms with Crippen molar-refractivity contribution in [3.05, 3.63) is 35.4 Å². The van der Waals surface area contributed by atoms with Gasteiger partial charge < -0.3 is 10.8 Å². The van der Waals surface area contributed by atoms with Gasteiger partial charge in [-0.1, -0.05) is 63.3 Å². The maximum Gasteiger partial charge on any atom is 0.0623 e. The Bertz CT molecular complexity index is 387. The number of unbranched alkanes of at least 4 members (excludes halogenated alkanes) is 5. The fraction of sp³-hybridized carbons (Fsp3) is 0.684. The number of halogens is 1. The van der Waals surface area contributed by atoms with Crippen LogP contribution in [0, 0.1) is 0 Å². The van der Waals surface area contributed by atoms with Crippen molar-refractivity contribution < 1.29 is 5.11 Å². The number of nitrogens with two attached hydrogens (primary N) is 1. The first-order valence-electron chi connectivity index (χ1n) is 8.67. The van der Waals surface area contributed by atoms with Crippen molar-refractivity contribution in [2.24, 2.45) is 5.73 Å². The fourth-order valence-electron chi connectivity index (χ4n) is 2.56. The molecule has 126 valence electrons. The zero-order valence-corrected chi connectivity index (χ0v) is 14.7. The first kappa shape index (κ1) is 19.5. The lowest BCUT2D eigenvalue weighted by atomic mass is 9.94. The molecule has 0 bridgehead atoms.